The van der Waals surface area contributed by atoms with Gasteiger partial charge in [0.05, 0.1) is 0 Å². The number of carbonyl (C=O) groups excluding carboxylic acids is 1. The highest BCUT2D eigenvalue weighted by Gasteiger charge is 2.25. The first-order chi connectivity index (χ1) is 16.0. The fraction of sp³-hybridized carbons (Fsp3) is 0.520. The molecule has 0 bridgehead atoms. The summed E-state index contributed by atoms with van der Waals surface area (Å²) in [4.78, 5) is 25.9. The van der Waals surface area contributed by atoms with Gasteiger partial charge in [-0.2, -0.15) is 15.2 Å². The van der Waals surface area contributed by atoms with Gasteiger partial charge in [0.15, 0.2) is 11.6 Å². The van der Waals surface area contributed by atoms with Crippen LogP contribution in [0.3, 0.4) is 0 Å². The second kappa shape index (κ2) is 10.3. The fourth-order valence-electron chi connectivity index (χ4n) is 4.17. The number of anilines is 4. The molecule has 1 aliphatic heterocycles. The molecule has 0 saturated carbocycles. The van der Waals surface area contributed by atoms with Crippen molar-refractivity contribution in [2.45, 2.75) is 40.2 Å². The molecular formula is C25H36N8O. The minimum Gasteiger partial charge on any atom is -0.358 e. The number of amides is 1. The summed E-state index contributed by atoms with van der Waals surface area (Å²) in [6.07, 6.45) is 1.00. The number of nitriles is 1. The summed E-state index contributed by atoms with van der Waals surface area (Å²) in [6.45, 7) is 11.0. The zero-order valence-electron chi connectivity index (χ0n) is 21.3. The average Bonchev–Trinajstić information content (AvgIpc) is 3.17. The maximum atomic E-state index is 12.2. The van der Waals surface area contributed by atoms with E-state index in [0.29, 0.717) is 34.4 Å². The highest BCUT2D eigenvalue weighted by atomic mass is 16.1. The third-order valence-electron chi connectivity index (χ3n) is 5.78. The van der Waals surface area contributed by atoms with E-state index in [4.69, 9.17) is 9.97 Å². The standard InChI is InChI=1S/C25H36N8O/c1-16-8-9-17(23(34)27-5)12-20(16)29-21-19(13-26)22(33(7)15-25(2,3)4)31-24(30-21)28-18-10-11-32(6)14-18/h8-9,12,18H,10-11,14-15H2,1-7H3,(H,27,34)(H2,28,29,30,31)/t18-/m1/s1. The van der Waals surface area contributed by atoms with Crippen molar-refractivity contribution in [3.8, 4) is 6.07 Å². The van der Waals surface area contributed by atoms with Crippen LogP contribution in [0.25, 0.3) is 0 Å². The van der Waals surface area contributed by atoms with Crippen LogP contribution >= 0.6 is 0 Å². The average molecular weight is 465 g/mol. The molecule has 0 unspecified atom stereocenters. The van der Waals surface area contributed by atoms with Gasteiger partial charge in [-0.25, -0.2) is 0 Å². The van der Waals surface area contributed by atoms with Crippen LogP contribution in [0, 0.1) is 23.7 Å². The highest BCUT2D eigenvalue weighted by Crippen LogP contribution is 2.31. The number of nitrogens with one attached hydrogen (secondary N) is 3. The Morgan fingerprint density at radius 3 is 2.65 bits per heavy atom. The number of hydrogen-bond acceptors (Lipinski definition) is 8. The van der Waals surface area contributed by atoms with Crippen LogP contribution in [0.2, 0.25) is 0 Å². The van der Waals surface area contributed by atoms with Crippen LogP contribution in [0.4, 0.5) is 23.3 Å². The molecule has 0 aliphatic carbocycles. The lowest BCUT2D eigenvalue weighted by Crippen LogP contribution is -2.31. The van der Waals surface area contributed by atoms with Gasteiger partial charge in [0, 0.05) is 44.5 Å². The Morgan fingerprint density at radius 1 is 1.32 bits per heavy atom. The van der Waals surface area contributed by atoms with Gasteiger partial charge in [0.2, 0.25) is 5.95 Å². The summed E-state index contributed by atoms with van der Waals surface area (Å²) < 4.78 is 0. The number of rotatable bonds is 7. The van der Waals surface area contributed by atoms with Crippen molar-refractivity contribution in [3.63, 3.8) is 0 Å². The smallest absolute Gasteiger partial charge is 0.251 e. The molecule has 182 valence electrons. The zero-order chi connectivity index (χ0) is 25.0. The summed E-state index contributed by atoms with van der Waals surface area (Å²) in [5, 5.41) is 19.5. The molecule has 34 heavy (non-hydrogen) atoms. The first-order valence-electron chi connectivity index (χ1n) is 11.6. The Labute approximate surface area is 202 Å². The quantitative estimate of drug-likeness (QED) is 0.572. The molecule has 2 heterocycles. The first-order valence-corrected chi connectivity index (χ1v) is 11.6. The molecule has 3 rings (SSSR count). The van der Waals surface area contributed by atoms with Crippen molar-refractivity contribution < 1.29 is 4.79 Å². The Morgan fingerprint density at radius 2 is 2.06 bits per heavy atom. The van der Waals surface area contributed by atoms with Gasteiger partial charge in [-0.05, 0) is 50.0 Å². The molecule has 1 saturated heterocycles. The topological polar surface area (TPSA) is 109 Å². The second-order valence-electron chi connectivity index (χ2n) is 10.2. The molecule has 1 fully saturated rings. The van der Waals surface area contributed by atoms with Crippen molar-refractivity contribution in [1.29, 1.82) is 5.26 Å². The van der Waals surface area contributed by atoms with Gasteiger partial charge < -0.3 is 25.8 Å². The van der Waals surface area contributed by atoms with E-state index in [1.165, 1.54) is 0 Å². The highest BCUT2D eigenvalue weighted by molar-refractivity contribution is 5.95. The SMILES string of the molecule is CNC(=O)c1ccc(C)c(Nc2nc(N[C@@H]3CCN(C)C3)nc(N(C)CC(C)(C)C)c2C#N)c1. The van der Waals surface area contributed by atoms with E-state index in [0.717, 1.165) is 31.6 Å². The maximum Gasteiger partial charge on any atom is 0.251 e. The number of likely N-dealkylation sites (N-methyl/N-ethyl adjacent to an activating group) is 1. The van der Waals surface area contributed by atoms with Crippen molar-refractivity contribution >= 4 is 29.2 Å². The van der Waals surface area contributed by atoms with Gasteiger partial charge in [0.1, 0.15) is 11.6 Å². The van der Waals surface area contributed by atoms with E-state index in [9.17, 15) is 10.1 Å². The van der Waals surface area contributed by atoms with Crippen LogP contribution in [0.15, 0.2) is 18.2 Å². The molecule has 1 aromatic heterocycles. The summed E-state index contributed by atoms with van der Waals surface area (Å²) >= 11 is 0. The lowest BCUT2D eigenvalue weighted by atomic mass is 9.96. The van der Waals surface area contributed by atoms with Crippen LogP contribution in [-0.2, 0) is 0 Å². The lowest BCUT2D eigenvalue weighted by molar-refractivity contribution is 0.0963. The third kappa shape index (κ3) is 6.14. The van der Waals surface area contributed by atoms with Crippen LogP contribution in [0.1, 0.15) is 48.7 Å². The number of carbonyl (C=O) groups is 1. The van der Waals surface area contributed by atoms with Crippen molar-refractivity contribution in [3.05, 3.63) is 34.9 Å². The molecule has 9 heteroatoms. The fourth-order valence-corrected chi connectivity index (χ4v) is 4.17. The Kier molecular flexibility index (Phi) is 7.62. The summed E-state index contributed by atoms with van der Waals surface area (Å²) in [5.74, 6) is 1.30. The number of aromatic nitrogens is 2. The van der Waals surface area contributed by atoms with Crippen molar-refractivity contribution in [2.75, 3.05) is 56.3 Å². The van der Waals surface area contributed by atoms with Crippen LogP contribution in [0.5, 0.6) is 0 Å². The van der Waals surface area contributed by atoms with Gasteiger partial charge >= 0.3 is 0 Å². The van der Waals surface area contributed by atoms with E-state index in [2.05, 4.69) is 54.7 Å². The Hall–Kier alpha value is -3.38. The van der Waals surface area contributed by atoms with Crippen LogP contribution < -0.4 is 20.9 Å². The van der Waals surface area contributed by atoms with E-state index in [1.807, 2.05) is 24.9 Å². The predicted octanol–water partition coefficient (Wildman–Crippen LogP) is 3.36. The normalized spacial score (nSPS) is 16.1. The molecule has 1 aromatic carbocycles. The molecule has 1 amide bonds. The van der Waals surface area contributed by atoms with Crippen molar-refractivity contribution in [2.24, 2.45) is 5.41 Å². The van der Waals surface area contributed by atoms with E-state index in [-0.39, 0.29) is 17.4 Å². The minimum absolute atomic E-state index is 0.0141. The summed E-state index contributed by atoms with van der Waals surface area (Å²) in [5.41, 5.74) is 2.56. The molecule has 2 aromatic rings. The van der Waals surface area contributed by atoms with Gasteiger partial charge in [-0.1, -0.05) is 26.8 Å². The number of hydrogen-bond donors (Lipinski definition) is 3. The third-order valence-corrected chi connectivity index (χ3v) is 5.78. The Balaban J connectivity index is 2.05. The number of aryl methyl sites for hydroxylation is 1. The van der Waals surface area contributed by atoms with Gasteiger partial charge in [-0.3, -0.25) is 4.79 Å². The molecule has 9 nitrogen and oxygen atoms in total. The predicted molar refractivity (Wildman–Crippen MR) is 137 cm³/mol. The van der Waals surface area contributed by atoms with Crippen LogP contribution in [-0.4, -0.2) is 67.6 Å². The molecule has 1 atom stereocenters. The summed E-state index contributed by atoms with van der Waals surface area (Å²) in [7, 11) is 5.64. The Bertz CT molecular complexity index is 1090. The lowest BCUT2D eigenvalue weighted by Gasteiger charge is -2.29. The van der Waals surface area contributed by atoms with Gasteiger partial charge in [0.25, 0.3) is 5.91 Å². The monoisotopic (exact) mass is 464 g/mol. The number of benzene rings is 1. The number of nitrogens with zero attached hydrogens (tertiary/aromatic N) is 5. The first kappa shape index (κ1) is 25.2. The number of likely N-dealkylation sites (tertiary alicyclic amines) is 1. The van der Waals surface area contributed by atoms with Gasteiger partial charge in [-0.15, -0.1) is 0 Å². The second-order valence-corrected chi connectivity index (χ2v) is 10.2. The minimum atomic E-state index is -0.176. The maximum absolute atomic E-state index is 12.2. The zero-order valence-corrected chi connectivity index (χ0v) is 21.3. The molecule has 0 radical (unpaired) electrons. The van der Waals surface area contributed by atoms with E-state index < -0.39 is 0 Å². The van der Waals surface area contributed by atoms with E-state index >= 15 is 0 Å². The molecule has 3 N–H and O–H groups in total. The molecular weight excluding hydrogens is 428 g/mol. The van der Waals surface area contributed by atoms with Crippen molar-refractivity contribution in [1.82, 2.24) is 20.2 Å². The molecule has 0 spiro atoms. The largest absolute Gasteiger partial charge is 0.358 e. The summed E-state index contributed by atoms with van der Waals surface area (Å²) in [6, 6.07) is 7.97. The molecule has 1 aliphatic rings. The van der Waals surface area contributed by atoms with E-state index in [1.54, 1.807) is 19.2 Å².